The fourth-order valence-electron chi connectivity index (χ4n) is 1.83. The van der Waals surface area contributed by atoms with Crippen LogP contribution in [0.3, 0.4) is 0 Å². The Morgan fingerprint density at radius 2 is 1.92 bits per heavy atom. The lowest BCUT2D eigenvalue weighted by molar-refractivity contribution is -0.146. The van der Waals surface area contributed by atoms with Crippen molar-refractivity contribution in [3.05, 3.63) is 46.6 Å². The first-order valence-electron chi connectivity index (χ1n) is 7.41. The highest BCUT2D eigenvalue weighted by Crippen LogP contribution is 2.23. The van der Waals surface area contributed by atoms with Crippen LogP contribution in [0.5, 0.6) is 0 Å². The van der Waals surface area contributed by atoms with E-state index in [1.165, 1.54) is 0 Å². The second-order valence-electron chi connectivity index (χ2n) is 6.34. The molecule has 1 aromatic carbocycles. The number of carbonyl (C=O) groups is 2. The molecule has 1 heterocycles. The quantitative estimate of drug-likeness (QED) is 0.836. The number of rotatable bonds is 5. The number of nitrogens with zero attached hydrogens (tertiary/aromatic N) is 1. The van der Waals surface area contributed by atoms with Crippen molar-refractivity contribution in [2.24, 2.45) is 0 Å². The Morgan fingerprint density at radius 3 is 2.50 bits per heavy atom. The molecule has 0 bridgehead atoms. The number of benzene rings is 1. The number of hydrogen-bond donors (Lipinski definition) is 1. The van der Waals surface area contributed by atoms with Gasteiger partial charge in [-0.1, -0.05) is 49.7 Å². The predicted octanol–water partition coefficient (Wildman–Crippen LogP) is 3.35. The highest BCUT2D eigenvalue weighted by molar-refractivity contribution is 6.30. The van der Waals surface area contributed by atoms with Crippen molar-refractivity contribution < 1.29 is 18.8 Å². The van der Waals surface area contributed by atoms with Crippen molar-refractivity contribution in [1.82, 2.24) is 5.16 Å². The summed E-state index contributed by atoms with van der Waals surface area (Å²) >= 11 is 5.77. The second-order valence-corrected chi connectivity index (χ2v) is 6.77. The van der Waals surface area contributed by atoms with Gasteiger partial charge in [-0.25, -0.2) is 0 Å². The number of nitrogens with one attached hydrogen (secondary N) is 1. The van der Waals surface area contributed by atoms with Crippen LogP contribution < -0.4 is 5.32 Å². The van der Waals surface area contributed by atoms with Crippen molar-refractivity contribution in [3.8, 4) is 0 Å². The van der Waals surface area contributed by atoms with Gasteiger partial charge in [0.25, 0.3) is 5.91 Å². The van der Waals surface area contributed by atoms with Crippen LogP contribution in [0.15, 0.2) is 34.9 Å². The van der Waals surface area contributed by atoms with E-state index in [4.69, 9.17) is 20.9 Å². The Kier molecular flexibility index (Phi) is 5.62. The van der Waals surface area contributed by atoms with E-state index in [0.717, 1.165) is 11.3 Å². The summed E-state index contributed by atoms with van der Waals surface area (Å²) in [5.41, 5.74) is 1.30. The van der Waals surface area contributed by atoms with Crippen LogP contribution in [0, 0.1) is 0 Å². The second kappa shape index (κ2) is 7.49. The third-order valence-electron chi connectivity index (χ3n) is 3.17. The SMILES string of the molecule is CC(C)(C)c1cc(NC(=O)COC(=O)Cc2ccc(Cl)cc2)on1. The Labute approximate surface area is 145 Å². The van der Waals surface area contributed by atoms with E-state index < -0.39 is 18.5 Å². The third-order valence-corrected chi connectivity index (χ3v) is 3.42. The molecule has 1 N–H and O–H groups in total. The Bertz CT molecular complexity index is 717. The minimum atomic E-state index is -0.500. The van der Waals surface area contributed by atoms with Crippen molar-refractivity contribution >= 4 is 29.4 Å². The molecule has 0 aliphatic heterocycles. The summed E-state index contributed by atoms with van der Waals surface area (Å²) < 4.78 is 9.98. The molecular weight excluding hydrogens is 332 g/mol. The number of esters is 1. The lowest BCUT2D eigenvalue weighted by Crippen LogP contribution is -2.21. The van der Waals surface area contributed by atoms with Crippen molar-refractivity contribution in [3.63, 3.8) is 0 Å². The van der Waals surface area contributed by atoms with Gasteiger partial charge in [0.1, 0.15) is 0 Å². The molecule has 0 saturated heterocycles. The first-order valence-corrected chi connectivity index (χ1v) is 7.79. The molecule has 24 heavy (non-hydrogen) atoms. The maximum Gasteiger partial charge on any atom is 0.310 e. The van der Waals surface area contributed by atoms with Crippen molar-refractivity contribution in [2.45, 2.75) is 32.6 Å². The zero-order valence-electron chi connectivity index (χ0n) is 13.8. The number of ether oxygens (including phenoxy) is 1. The molecule has 7 heteroatoms. The molecule has 0 aliphatic carbocycles. The van der Waals surface area contributed by atoms with Gasteiger partial charge >= 0.3 is 5.97 Å². The Morgan fingerprint density at radius 1 is 1.25 bits per heavy atom. The number of anilines is 1. The van der Waals surface area contributed by atoms with Crippen LogP contribution in [0.4, 0.5) is 5.88 Å². The summed E-state index contributed by atoms with van der Waals surface area (Å²) in [7, 11) is 0. The minimum Gasteiger partial charge on any atom is -0.455 e. The van der Waals surface area contributed by atoms with E-state index in [1.54, 1.807) is 30.3 Å². The molecule has 2 aromatic rings. The maximum absolute atomic E-state index is 11.8. The predicted molar refractivity (Wildman–Crippen MR) is 89.9 cm³/mol. The highest BCUT2D eigenvalue weighted by Gasteiger charge is 2.20. The van der Waals surface area contributed by atoms with Crippen LogP contribution >= 0.6 is 11.6 Å². The molecule has 0 aliphatic rings. The van der Waals surface area contributed by atoms with E-state index in [0.29, 0.717) is 5.02 Å². The molecule has 0 spiro atoms. The zero-order valence-corrected chi connectivity index (χ0v) is 14.5. The summed E-state index contributed by atoms with van der Waals surface area (Å²) in [5.74, 6) is -0.768. The Balaban J connectivity index is 1.79. The van der Waals surface area contributed by atoms with Crippen LogP contribution in [-0.4, -0.2) is 23.6 Å². The summed E-state index contributed by atoms with van der Waals surface area (Å²) in [6, 6.07) is 8.48. The van der Waals surface area contributed by atoms with Gasteiger partial charge in [0.15, 0.2) is 6.61 Å². The first-order chi connectivity index (χ1) is 11.2. The van der Waals surface area contributed by atoms with Crippen LogP contribution in [-0.2, 0) is 26.2 Å². The summed E-state index contributed by atoms with van der Waals surface area (Å²) in [6.45, 7) is 5.55. The normalized spacial score (nSPS) is 11.2. The third kappa shape index (κ3) is 5.38. The summed E-state index contributed by atoms with van der Waals surface area (Å²) in [4.78, 5) is 23.5. The van der Waals surface area contributed by atoms with E-state index in [9.17, 15) is 9.59 Å². The highest BCUT2D eigenvalue weighted by atomic mass is 35.5. The smallest absolute Gasteiger partial charge is 0.310 e. The number of halogens is 1. The average Bonchev–Trinajstić information content (AvgIpc) is 2.96. The summed E-state index contributed by atoms with van der Waals surface area (Å²) in [5, 5.41) is 6.98. The van der Waals surface area contributed by atoms with Gasteiger partial charge in [0.2, 0.25) is 5.88 Å². The number of aromatic nitrogens is 1. The largest absolute Gasteiger partial charge is 0.455 e. The van der Waals surface area contributed by atoms with Gasteiger partial charge in [-0.05, 0) is 17.7 Å². The van der Waals surface area contributed by atoms with E-state index in [-0.39, 0.29) is 17.7 Å². The number of hydrogen-bond acceptors (Lipinski definition) is 5. The summed E-state index contributed by atoms with van der Waals surface area (Å²) in [6.07, 6.45) is 0.0704. The molecule has 0 fully saturated rings. The molecule has 1 aromatic heterocycles. The van der Waals surface area contributed by atoms with Gasteiger partial charge in [0, 0.05) is 16.5 Å². The minimum absolute atomic E-state index is 0.0704. The van der Waals surface area contributed by atoms with Gasteiger partial charge in [-0.2, -0.15) is 0 Å². The number of carbonyl (C=O) groups excluding carboxylic acids is 2. The van der Waals surface area contributed by atoms with Crippen LogP contribution in [0.1, 0.15) is 32.0 Å². The average molecular weight is 351 g/mol. The van der Waals surface area contributed by atoms with Crippen molar-refractivity contribution in [2.75, 3.05) is 11.9 Å². The zero-order chi connectivity index (χ0) is 17.7. The van der Waals surface area contributed by atoms with E-state index in [1.807, 2.05) is 20.8 Å². The van der Waals surface area contributed by atoms with Gasteiger partial charge in [0.05, 0.1) is 12.1 Å². The fourth-order valence-corrected chi connectivity index (χ4v) is 1.95. The molecule has 128 valence electrons. The maximum atomic E-state index is 11.8. The first kappa shape index (κ1) is 18.0. The van der Waals surface area contributed by atoms with E-state index >= 15 is 0 Å². The topological polar surface area (TPSA) is 81.4 Å². The van der Waals surface area contributed by atoms with Gasteiger partial charge < -0.3 is 9.26 Å². The van der Waals surface area contributed by atoms with Crippen LogP contribution in [0.2, 0.25) is 5.02 Å². The molecule has 0 radical (unpaired) electrons. The molecule has 1 amide bonds. The molecule has 0 atom stereocenters. The van der Waals surface area contributed by atoms with E-state index in [2.05, 4.69) is 10.5 Å². The number of amides is 1. The Hall–Kier alpha value is -2.34. The lowest BCUT2D eigenvalue weighted by atomic mass is 9.92. The molecule has 0 saturated carbocycles. The van der Waals surface area contributed by atoms with Gasteiger partial charge in [-0.15, -0.1) is 0 Å². The molecule has 0 unspecified atom stereocenters. The monoisotopic (exact) mass is 350 g/mol. The molecule has 2 rings (SSSR count). The lowest BCUT2D eigenvalue weighted by Gasteiger charge is -2.12. The molecule has 6 nitrogen and oxygen atoms in total. The van der Waals surface area contributed by atoms with Crippen LogP contribution in [0.25, 0.3) is 0 Å². The van der Waals surface area contributed by atoms with Crippen molar-refractivity contribution in [1.29, 1.82) is 0 Å². The van der Waals surface area contributed by atoms with Gasteiger partial charge in [-0.3, -0.25) is 14.9 Å². The standard InChI is InChI=1S/C17H19ClN2O4/c1-17(2,3)13-9-15(24-20-13)19-14(21)10-23-16(22)8-11-4-6-12(18)7-5-11/h4-7,9H,8,10H2,1-3H3,(H,19,21). The molecular formula is C17H19ClN2O4. The fraction of sp³-hybridized carbons (Fsp3) is 0.353.